The van der Waals surface area contributed by atoms with Crippen LogP contribution in [0.2, 0.25) is 5.02 Å². The summed E-state index contributed by atoms with van der Waals surface area (Å²) in [6.07, 6.45) is -0.655. The number of alkyl halides is 1. The number of carbonyl (C=O) groups is 1. The van der Waals surface area contributed by atoms with Crippen LogP contribution in [0.25, 0.3) is 0 Å². The molecule has 0 aliphatic carbocycles. The quantitative estimate of drug-likeness (QED) is 0.788. The molecule has 1 atom stereocenters. The van der Waals surface area contributed by atoms with Crippen LogP contribution in [0, 0.1) is 0 Å². The zero-order valence-corrected chi connectivity index (χ0v) is 12.5. The van der Waals surface area contributed by atoms with Crippen LogP contribution in [0.4, 0.5) is 0 Å². The summed E-state index contributed by atoms with van der Waals surface area (Å²) < 4.78 is 11.3. The van der Waals surface area contributed by atoms with Crippen LogP contribution in [-0.4, -0.2) is 18.3 Å². The topological polar surface area (TPSA) is 35.5 Å². The molecule has 1 unspecified atom stereocenters. The molecule has 1 aliphatic rings. The average Bonchev–Trinajstić information content (AvgIpc) is 2.84. The van der Waals surface area contributed by atoms with E-state index in [0.29, 0.717) is 34.6 Å². The van der Waals surface area contributed by atoms with Crippen LogP contribution >= 0.6 is 23.2 Å². The van der Waals surface area contributed by atoms with Crippen molar-refractivity contribution in [2.45, 2.75) is 6.10 Å². The third-order valence-electron chi connectivity index (χ3n) is 3.22. The van der Waals surface area contributed by atoms with E-state index in [1.165, 1.54) is 0 Å². The van der Waals surface area contributed by atoms with Crippen molar-refractivity contribution in [3.8, 4) is 11.5 Å². The molecule has 0 amide bonds. The molecule has 0 N–H and O–H groups in total. The molecule has 0 saturated carbocycles. The highest BCUT2D eigenvalue weighted by Gasteiger charge is 2.36. The summed E-state index contributed by atoms with van der Waals surface area (Å²) in [4.78, 5) is 12.6. The van der Waals surface area contributed by atoms with E-state index >= 15 is 0 Å². The van der Waals surface area contributed by atoms with Crippen molar-refractivity contribution in [3.05, 3.63) is 58.6 Å². The molecule has 3 rings (SSSR count). The Morgan fingerprint density at radius 3 is 2.62 bits per heavy atom. The van der Waals surface area contributed by atoms with Gasteiger partial charge in [-0.05, 0) is 24.3 Å². The fraction of sp³-hybridized carbons (Fsp3) is 0.188. The number of halogens is 2. The third kappa shape index (κ3) is 2.71. The molecule has 21 heavy (non-hydrogen) atoms. The van der Waals surface area contributed by atoms with E-state index in [2.05, 4.69) is 0 Å². The minimum Gasteiger partial charge on any atom is -0.491 e. The first-order valence-corrected chi connectivity index (χ1v) is 7.40. The van der Waals surface area contributed by atoms with Crippen molar-refractivity contribution >= 4 is 29.0 Å². The van der Waals surface area contributed by atoms with Gasteiger partial charge < -0.3 is 9.47 Å². The summed E-state index contributed by atoms with van der Waals surface area (Å²) in [5, 5.41) is 0.618. The molecule has 3 nitrogen and oxygen atoms in total. The minimum atomic E-state index is -0.655. The van der Waals surface area contributed by atoms with Gasteiger partial charge in [0.25, 0.3) is 0 Å². The van der Waals surface area contributed by atoms with E-state index in [-0.39, 0.29) is 5.78 Å². The molecular formula is C16H12Cl2O3. The molecule has 0 fully saturated rings. The summed E-state index contributed by atoms with van der Waals surface area (Å²) in [6.45, 7) is 0.344. The van der Waals surface area contributed by atoms with Crippen molar-refractivity contribution in [3.63, 3.8) is 0 Å². The van der Waals surface area contributed by atoms with Crippen molar-refractivity contribution in [1.82, 2.24) is 0 Å². The Balaban J connectivity index is 1.93. The second-order valence-electron chi connectivity index (χ2n) is 4.58. The Bertz CT molecular complexity index is 668. The van der Waals surface area contributed by atoms with Gasteiger partial charge in [0.15, 0.2) is 6.10 Å². The summed E-state index contributed by atoms with van der Waals surface area (Å²) in [7, 11) is 0. The van der Waals surface area contributed by atoms with Gasteiger partial charge in [-0.3, -0.25) is 4.79 Å². The SMILES string of the molecule is O=C1c2c(OCCCl)cccc2OC1c1ccc(Cl)cc1. The lowest BCUT2D eigenvalue weighted by Gasteiger charge is -2.09. The van der Waals surface area contributed by atoms with Gasteiger partial charge in [-0.2, -0.15) is 0 Å². The molecule has 1 aliphatic heterocycles. The Kier molecular flexibility index (Phi) is 4.04. The standard InChI is InChI=1S/C16H12Cl2O3/c17-8-9-20-12-2-1-3-13-14(12)15(19)16(21-13)10-4-6-11(18)7-5-10/h1-7,16H,8-9H2. The first kappa shape index (κ1) is 14.2. The van der Waals surface area contributed by atoms with Crippen LogP contribution < -0.4 is 9.47 Å². The fourth-order valence-corrected chi connectivity index (χ4v) is 2.49. The molecule has 0 bridgehead atoms. The third-order valence-corrected chi connectivity index (χ3v) is 3.63. The van der Waals surface area contributed by atoms with E-state index in [1.54, 1.807) is 42.5 Å². The van der Waals surface area contributed by atoms with Crippen molar-refractivity contribution < 1.29 is 14.3 Å². The number of ketones is 1. The predicted octanol–water partition coefficient (Wildman–Crippen LogP) is 4.27. The highest BCUT2D eigenvalue weighted by Crippen LogP contribution is 2.41. The predicted molar refractivity (Wildman–Crippen MR) is 81.8 cm³/mol. The Morgan fingerprint density at radius 1 is 1.14 bits per heavy atom. The zero-order valence-electron chi connectivity index (χ0n) is 11.0. The molecule has 2 aromatic rings. The minimum absolute atomic E-state index is 0.113. The number of rotatable bonds is 4. The first-order valence-electron chi connectivity index (χ1n) is 6.49. The van der Waals surface area contributed by atoms with E-state index in [4.69, 9.17) is 32.7 Å². The number of Topliss-reactive ketones (excluding diaryl/α,β-unsaturated/α-hetero) is 1. The summed E-state index contributed by atoms with van der Waals surface area (Å²) in [6, 6.07) is 12.3. The highest BCUT2D eigenvalue weighted by molar-refractivity contribution is 6.30. The van der Waals surface area contributed by atoms with Crippen LogP contribution in [0.5, 0.6) is 11.5 Å². The van der Waals surface area contributed by atoms with Crippen LogP contribution in [0.1, 0.15) is 22.0 Å². The summed E-state index contributed by atoms with van der Waals surface area (Å²) >= 11 is 11.5. The molecule has 0 radical (unpaired) electrons. The van der Waals surface area contributed by atoms with Gasteiger partial charge in [-0.25, -0.2) is 0 Å². The number of fused-ring (bicyclic) bond motifs is 1. The monoisotopic (exact) mass is 322 g/mol. The molecule has 1 heterocycles. The number of hydrogen-bond acceptors (Lipinski definition) is 3. The second kappa shape index (κ2) is 5.96. The Labute approximate surface area is 132 Å². The number of hydrogen-bond donors (Lipinski definition) is 0. The second-order valence-corrected chi connectivity index (χ2v) is 5.39. The van der Waals surface area contributed by atoms with Gasteiger partial charge in [0.1, 0.15) is 23.7 Å². The fourth-order valence-electron chi connectivity index (χ4n) is 2.29. The zero-order chi connectivity index (χ0) is 14.8. The van der Waals surface area contributed by atoms with Gasteiger partial charge in [0, 0.05) is 10.6 Å². The van der Waals surface area contributed by atoms with E-state index in [1.807, 2.05) is 0 Å². The van der Waals surface area contributed by atoms with Crippen LogP contribution in [0.15, 0.2) is 42.5 Å². The van der Waals surface area contributed by atoms with Gasteiger partial charge in [-0.1, -0.05) is 29.8 Å². The average molecular weight is 323 g/mol. The normalized spacial score (nSPS) is 16.5. The maximum Gasteiger partial charge on any atom is 0.215 e. The van der Waals surface area contributed by atoms with Crippen molar-refractivity contribution in [1.29, 1.82) is 0 Å². The Hall–Kier alpha value is -1.71. The number of benzene rings is 2. The maximum atomic E-state index is 12.6. The largest absolute Gasteiger partial charge is 0.491 e. The van der Waals surface area contributed by atoms with Gasteiger partial charge in [0.05, 0.1) is 5.88 Å². The van der Waals surface area contributed by atoms with Gasteiger partial charge in [0.2, 0.25) is 5.78 Å². The highest BCUT2D eigenvalue weighted by atomic mass is 35.5. The van der Waals surface area contributed by atoms with E-state index < -0.39 is 6.10 Å². The molecule has 0 aromatic heterocycles. The van der Waals surface area contributed by atoms with E-state index in [9.17, 15) is 4.79 Å². The lowest BCUT2D eigenvalue weighted by Crippen LogP contribution is -2.11. The molecule has 5 heteroatoms. The number of carbonyl (C=O) groups excluding carboxylic acids is 1. The lowest BCUT2D eigenvalue weighted by atomic mass is 10.0. The van der Waals surface area contributed by atoms with Gasteiger partial charge >= 0.3 is 0 Å². The molecule has 108 valence electrons. The van der Waals surface area contributed by atoms with Crippen LogP contribution in [0.3, 0.4) is 0 Å². The molecule has 2 aromatic carbocycles. The van der Waals surface area contributed by atoms with Crippen molar-refractivity contribution in [2.75, 3.05) is 12.5 Å². The smallest absolute Gasteiger partial charge is 0.215 e. The van der Waals surface area contributed by atoms with Crippen molar-refractivity contribution in [2.24, 2.45) is 0 Å². The number of ether oxygens (including phenoxy) is 2. The van der Waals surface area contributed by atoms with E-state index in [0.717, 1.165) is 5.56 Å². The Morgan fingerprint density at radius 2 is 1.90 bits per heavy atom. The first-order chi connectivity index (χ1) is 10.2. The molecular weight excluding hydrogens is 311 g/mol. The maximum absolute atomic E-state index is 12.6. The molecule has 0 spiro atoms. The lowest BCUT2D eigenvalue weighted by molar-refractivity contribution is 0.0856. The van der Waals surface area contributed by atoms with Gasteiger partial charge in [-0.15, -0.1) is 11.6 Å². The molecule has 0 saturated heterocycles. The summed E-state index contributed by atoms with van der Waals surface area (Å²) in [5.74, 6) is 1.29. The van der Waals surface area contributed by atoms with Crippen LogP contribution in [-0.2, 0) is 0 Å². The summed E-state index contributed by atoms with van der Waals surface area (Å²) in [5.41, 5.74) is 1.24.